The van der Waals surface area contributed by atoms with Crippen molar-refractivity contribution in [3.05, 3.63) is 46.0 Å². The van der Waals surface area contributed by atoms with Crippen LogP contribution in [0.5, 0.6) is 0 Å². The second kappa shape index (κ2) is 6.74. The number of aliphatic hydroxyl groups is 1. The minimum atomic E-state index is -1.50. The number of fused-ring (bicyclic) bond motifs is 1. The summed E-state index contributed by atoms with van der Waals surface area (Å²) in [6, 6.07) is -0.793. The van der Waals surface area contributed by atoms with E-state index in [0.717, 1.165) is 6.20 Å². The molecule has 5 rings (SSSR count). The van der Waals surface area contributed by atoms with Gasteiger partial charge in [-0.05, 0) is 12.8 Å². The monoisotopic (exact) mass is 432 g/mol. The van der Waals surface area contributed by atoms with Crippen LogP contribution in [0.1, 0.15) is 35.3 Å². The Kier molecular flexibility index (Phi) is 4.22. The fourth-order valence-corrected chi connectivity index (χ4v) is 4.23. The number of nitrogen functional groups attached to an aromatic ring is 1. The smallest absolute Gasteiger partial charge is 0.341 e. The molecule has 0 bridgehead atoms. The van der Waals surface area contributed by atoms with Gasteiger partial charge in [-0.15, -0.1) is 5.10 Å². The number of halogens is 2. The van der Waals surface area contributed by atoms with Crippen molar-refractivity contribution in [2.45, 2.75) is 31.0 Å². The molecule has 0 spiro atoms. The summed E-state index contributed by atoms with van der Waals surface area (Å²) >= 11 is 0. The Bertz CT molecular complexity index is 1270. The van der Waals surface area contributed by atoms with Gasteiger partial charge in [-0.3, -0.25) is 4.79 Å². The zero-order valence-corrected chi connectivity index (χ0v) is 16.1. The molecule has 2 aromatic heterocycles. The SMILES string of the molecule is Nc1c(F)c(N2C[C@H](O)[C@@H](n3ccnn3)C2)c(F)c2c1c(=O)c(C(=O)O)cn2C1CC1. The van der Waals surface area contributed by atoms with Gasteiger partial charge in [-0.25, -0.2) is 18.3 Å². The zero-order chi connectivity index (χ0) is 22.0. The van der Waals surface area contributed by atoms with Gasteiger partial charge < -0.3 is 25.4 Å². The number of nitrogens with zero attached hydrogens (tertiary/aromatic N) is 5. The van der Waals surface area contributed by atoms with Crippen LogP contribution < -0.4 is 16.1 Å². The van der Waals surface area contributed by atoms with Crippen molar-refractivity contribution in [1.82, 2.24) is 19.6 Å². The van der Waals surface area contributed by atoms with Crippen molar-refractivity contribution in [1.29, 1.82) is 0 Å². The molecule has 0 radical (unpaired) electrons. The summed E-state index contributed by atoms with van der Waals surface area (Å²) < 4.78 is 33.8. The number of carbonyl (C=O) groups is 1. The second-order valence-corrected chi connectivity index (χ2v) is 7.85. The van der Waals surface area contributed by atoms with Crippen molar-refractivity contribution in [3.63, 3.8) is 0 Å². The number of hydrogen-bond acceptors (Lipinski definition) is 7. The topological polar surface area (TPSA) is 140 Å². The number of aromatic nitrogens is 4. The highest BCUT2D eigenvalue weighted by Gasteiger charge is 2.38. The van der Waals surface area contributed by atoms with Gasteiger partial charge in [-0.2, -0.15) is 0 Å². The fourth-order valence-electron chi connectivity index (χ4n) is 4.23. The molecule has 2 aliphatic rings. The van der Waals surface area contributed by atoms with Crippen LogP contribution in [-0.4, -0.2) is 54.9 Å². The van der Waals surface area contributed by atoms with E-state index in [9.17, 15) is 19.8 Å². The number of rotatable bonds is 4. The van der Waals surface area contributed by atoms with Crippen molar-refractivity contribution < 1.29 is 23.8 Å². The third kappa shape index (κ3) is 2.86. The number of aromatic carboxylic acids is 1. The largest absolute Gasteiger partial charge is 0.477 e. The van der Waals surface area contributed by atoms with Gasteiger partial charge in [0.1, 0.15) is 11.3 Å². The maximum Gasteiger partial charge on any atom is 0.341 e. The molecule has 3 aromatic rings. The van der Waals surface area contributed by atoms with E-state index in [1.807, 2.05) is 0 Å². The maximum absolute atomic E-state index is 15.8. The summed E-state index contributed by atoms with van der Waals surface area (Å²) in [5.74, 6) is -3.68. The number of aliphatic hydroxyl groups excluding tert-OH is 1. The van der Waals surface area contributed by atoms with E-state index in [4.69, 9.17) is 5.73 Å². The van der Waals surface area contributed by atoms with Gasteiger partial charge in [0.2, 0.25) is 5.43 Å². The van der Waals surface area contributed by atoms with Crippen LogP contribution in [0.4, 0.5) is 20.2 Å². The predicted octanol–water partition coefficient (Wildman–Crippen LogP) is 0.909. The molecular formula is C19H18F2N6O4. The first kappa shape index (κ1) is 19.4. The highest BCUT2D eigenvalue weighted by atomic mass is 19.1. The third-order valence-electron chi connectivity index (χ3n) is 5.89. The summed E-state index contributed by atoms with van der Waals surface area (Å²) in [4.78, 5) is 25.5. The normalized spacial score (nSPS) is 21.2. The lowest BCUT2D eigenvalue weighted by Gasteiger charge is -2.23. The number of carboxylic acid groups (broad SMARTS) is 1. The van der Waals surface area contributed by atoms with Crippen LogP contribution in [0, 0.1) is 11.6 Å². The van der Waals surface area contributed by atoms with Crippen LogP contribution >= 0.6 is 0 Å². The molecule has 12 heteroatoms. The van der Waals surface area contributed by atoms with E-state index >= 15 is 8.78 Å². The van der Waals surface area contributed by atoms with Crippen LogP contribution in [0.2, 0.25) is 0 Å². The molecule has 1 aliphatic carbocycles. The summed E-state index contributed by atoms with van der Waals surface area (Å²) in [5, 5.41) is 26.8. The van der Waals surface area contributed by atoms with Gasteiger partial charge in [0, 0.05) is 31.5 Å². The molecule has 1 saturated heterocycles. The van der Waals surface area contributed by atoms with Gasteiger partial charge in [-0.1, -0.05) is 5.21 Å². The van der Waals surface area contributed by atoms with Crippen LogP contribution in [-0.2, 0) is 0 Å². The van der Waals surface area contributed by atoms with Crippen LogP contribution in [0.25, 0.3) is 10.9 Å². The quantitative estimate of drug-likeness (QED) is 0.517. The Morgan fingerprint density at radius 2 is 1.97 bits per heavy atom. The Labute approximate surface area is 173 Å². The van der Waals surface area contributed by atoms with E-state index in [0.29, 0.717) is 12.8 Å². The van der Waals surface area contributed by atoms with Gasteiger partial charge in [0.05, 0.1) is 34.9 Å². The van der Waals surface area contributed by atoms with Crippen LogP contribution in [0.3, 0.4) is 0 Å². The van der Waals surface area contributed by atoms with Gasteiger partial charge in [0.15, 0.2) is 11.6 Å². The average molecular weight is 432 g/mol. The number of carboxylic acids is 1. The van der Waals surface area contributed by atoms with E-state index in [2.05, 4.69) is 10.3 Å². The number of nitrogens with two attached hydrogens (primary N) is 1. The minimum absolute atomic E-state index is 0.0319. The summed E-state index contributed by atoms with van der Waals surface area (Å²) in [5.41, 5.74) is 2.96. The van der Waals surface area contributed by atoms with Crippen LogP contribution in [0.15, 0.2) is 23.4 Å². The molecule has 1 aliphatic heterocycles. The molecule has 1 aromatic carbocycles. The first-order valence-electron chi connectivity index (χ1n) is 9.67. The predicted molar refractivity (Wildman–Crippen MR) is 105 cm³/mol. The molecule has 2 fully saturated rings. The van der Waals surface area contributed by atoms with Gasteiger partial charge in [0.25, 0.3) is 0 Å². The number of hydrogen-bond donors (Lipinski definition) is 3. The molecule has 0 unspecified atom stereocenters. The Morgan fingerprint density at radius 1 is 1.23 bits per heavy atom. The van der Waals surface area contributed by atoms with Crippen molar-refractivity contribution in [3.8, 4) is 0 Å². The van der Waals surface area contributed by atoms with E-state index in [-0.39, 0.29) is 24.6 Å². The Morgan fingerprint density at radius 3 is 2.58 bits per heavy atom. The number of anilines is 2. The highest BCUT2D eigenvalue weighted by Crippen LogP contribution is 2.42. The number of benzene rings is 1. The molecule has 162 valence electrons. The Hall–Kier alpha value is -3.54. The lowest BCUT2D eigenvalue weighted by Crippen LogP contribution is -2.26. The van der Waals surface area contributed by atoms with E-state index in [1.54, 1.807) is 0 Å². The molecule has 10 nitrogen and oxygen atoms in total. The first-order valence-corrected chi connectivity index (χ1v) is 9.67. The molecule has 1 saturated carbocycles. The lowest BCUT2D eigenvalue weighted by molar-refractivity contribution is 0.0694. The third-order valence-corrected chi connectivity index (χ3v) is 5.89. The minimum Gasteiger partial charge on any atom is -0.477 e. The number of β-amino-alcohol motifs (C(OH)–C–C–N with tert-alkyl or cyclic N) is 1. The fraction of sp³-hybridized carbons (Fsp3) is 0.368. The average Bonchev–Trinajstić information content (AvgIpc) is 3.28. The first-order chi connectivity index (χ1) is 14.8. The van der Waals surface area contributed by atoms with E-state index in [1.165, 1.54) is 26.5 Å². The van der Waals surface area contributed by atoms with Crippen molar-refractivity contribution >= 4 is 28.2 Å². The lowest BCUT2D eigenvalue weighted by atomic mass is 10.1. The van der Waals surface area contributed by atoms with Gasteiger partial charge >= 0.3 is 5.97 Å². The highest BCUT2D eigenvalue weighted by molar-refractivity contribution is 5.99. The number of pyridine rings is 1. The molecule has 31 heavy (non-hydrogen) atoms. The summed E-state index contributed by atoms with van der Waals surface area (Å²) in [7, 11) is 0. The summed E-state index contributed by atoms with van der Waals surface area (Å²) in [6.07, 6.45) is 4.42. The van der Waals surface area contributed by atoms with E-state index < -0.39 is 57.5 Å². The Balaban J connectivity index is 1.72. The molecule has 4 N–H and O–H groups in total. The second-order valence-electron chi connectivity index (χ2n) is 7.85. The zero-order valence-electron chi connectivity index (χ0n) is 16.1. The molecule has 0 amide bonds. The van der Waals surface area contributed by atoms with Crippen molar-refractivity contribution in [2.24, 2.45) is 0 Å². The maximum atomic E-state index is 15.8. The molecule has 2 atom stereocenters. The molecule has 3 heterocycles. The van der Waals surface area contributed by atoms with Crippen molar-refractivity contribution in [2.75, 3.05) is 23.7 Å². The standard InChI is InChI=1S/C19H18F2N6O4/c20-13-15(22)12-16(26(8-1-2-8)5-9(18(12)29)19(30)31)14(21)17(13)25-6-10(11(28)7-25)27-4-3-23-24-27/h3-5,8,10-11,28H,1-2,6-7,22H2,(H,30,31)/t10-,11-/m0/s1. The molecular weight excluding hydrogens is 414 g/mol. The summed E-state index contributed by atoms with van der Waals surface area (Å²) in [6.45, 7) is -0.0611.